The third-order valence-corrected chi connectivity index (χ3v) is 3.81. The van der Waals surface area contributed by atoms with Gasteiger partial charge in [0.25, 0.3) is 0 Å². The molecule has 0 spiro atoms. The van der Waals surface area contributed by atoms with Crippen LogP contribution in [-0.2, 0) is 0 Å². The molecule has 0 aliphatic rings. The smallest absolute Gasteiger partial charge is 0.353 e. The van der Waals surface area contributed by atoms with Gasteiger partial charge in [0.2, 0.25) is 0 Å². The van der Waals surface area contributed by atoms with Crippen LogP contribution < -0.4 is 0 Å². The number of fused-ring (bicyclic) bond motifs is 1. The van der Waals surface area contributed by atoms with Crippen molar-refractivity contribution in [3.8, 4) is 6.07 Å². The summed E-state index contributed by atoms with van der Waals surface area (Å²) in [6.45, 7) is 0. The fourth-order valence-corrected chi connectivity index (χ4v) is 3.11. The van der Waals surface area contributed by atoms with Gasteiger partial charge in [-0.1, -0.05) is 0 Å². The largest absolute Gasteiger partial charge is 0.477 e. The fraction of sp³-hybridized carbons (Fsp3) is 0. The van der Waals surface area contributed by atoms with E-state index in [4.69, 9.17) is 10.4 Å². The molecular weight excluding hydrogens is 341 g/mol. The number of carboxylic acids is 1. The zero-order chi connectivity index (χ0) is 11.7. The van der Waals surface area contributed by atoms with Crippen molar-refractivity contribution in [2.45, 2.75) is 0 Å². The zero-order valence-corrected chi connectivity index (χ0v) is 10.7. The van der Waals surface area contributed by atoms with Gasteiger partial charge in [-0.05, 0) is 6.07 Å². The van der Waals surface area contributed by atoms with Crippen molar-refractivity contribution in [1.29, 1.82) is 5.26 Å². The first-order valence-corrected chi connectivity index (χ1v) is 7.42. The molecule has 0 saturated heterocycles. The van der Waals surface area contributed by atoms with Crippen LogP contribution in [0.1, 0.15) is 16.1 Å². The summed E-state index contributed by atoms with van der Waals surface area (Å²) in [4.78, 5) is 14.9. The van der Waals surface area contributed by atoms with Crippen LogP contribution in [0.5, 0.6) is 0 Å². The first kappa shape index (κ1) is 11.2. The summed E-state index contributed by atoms with van der Waals surface area (Å²) in [5.74, 6) is -1.02. The zero-order valence-electron chi connectivity index (χ0n) is 7.72. The lowest BCUT2D eigenvalue weighted by molar-refractivity contribution is 0.0690. The van der Waals surface area contributed by atoms with Crippen LogP contribution in [-0.4, -0.2) is 20.0 Å². The van der Waals surface area contributed by atoms with Crippen LogP contribution >= 0.6 is 30.3 Å². The molecule has 2 rings (SSSR count). The van der Waals surface area contributed by atoms with E-state index in [0.717, 1.165) is 0 Å². The molecule has 0 aromatic carbocycles. The van der Waals surface area contributed by atoms with Gasteiger partial charge in [-0.3, -0.25) is 8.96 Å². The molecule has 16 heavy (non-hydrogen) atoms. The van der Waals surface area contributed by atoms with Gasteiger partial charge in [0.15, 0.2) is 0 Å². The van der Waals surface area contributed by atoms with E-state index in [1.165, 1.54) is 25.4 Å². The SMILES string of the molecule is N#Cc1cncc2c1cc(C(=O)O)n2SI. The number of nitriles is 1. The molecule has 5 nitrogen and oxygen atoms in total. The molecule has 2 aromatic rings. The molecule has 7 heteroatoms. The minimum absolute atomic E-state index is 0.138. The second-order valence-electron chi connectivity index (χ2n) is 2.93. The Balaban J connectivity index is 2.87. The number of nitrogens with zero attached hydrogens (tertiary/aromatic N) is 3. The number of carbonyl (C=O) groups is 1. The molecule has 0 atom stereocenters. The third-order valence-electron chi connectivity index (χ3n) is 2.09. The number of carboxylic acid groups (broad SMARTS) is 1. The van der Waals surface area contributed by atoms with E-state index < -0.39 is 5.97 Å². The van der Waals surface area contributed by atoms with Crippen molar-refractivity contribution in [2.24, 2.45) is 0 Å². The summed E-state index contributed by atoms with van der Waals surface area (Å²) >= 11 is 1.99. The maximum Gasteiger partial charge on any atom is 0.353 e. The molecule has 0 bridgehead atoms. The molecule has 0 radical (unpaired) electrons. The number of aromatic carboxylic acids is 1. The predicted octanol–water partition coefficient (Wildman–Crippen LogP) is 2.45. The summed E-state index contributed by atoms with van der Waals surface area (Å²) in [6.07, 6.45) is 2.98. The second-order valence-corrected chi connectivity index (χ2v) is 4.61. The molecule has 2 aromatic heterocycles. The van der Waals surface area contributed by atoms with E-state index in [0.29, 0.717) is 16.5 Å². The minimum atomic E-state index is -1.02. The van der Waals surface area contributed by atoms with Gasteiger partial charge >= 0.3 is 5.97 Å². The Morgan fingerprint density at radius 2 is 2.38 bits per heavy atom. The second kappa shape index (κ2) is 4.31. The quantitative estimate of drug-likeness (QED) is 0.846. The van der Waals surface area contributed by atoms with Gasteiger partial charge in [0.1, 0.15) is 11.8 Å². The van der Waals surface area contributed by atoms with Gasteiger partial charge in [0.05, 0.1) is 17.3 Å². The number of aromatic nitrogens is 2. The van der Waals surface area contributed by atoms with Crippen molar-refractivity contribution < 1.29 is 9.90 Å². The fourth-order valence-electron chi connectivity index (χ4n) is 1.41. The molecule has 0 amide bonds. The Morgan fingerprint density at radius 3 is 2.94 bits per heavy atom. The van der Waals surface area contributed by atoms with E-state index in [2.05, 4.69) is 4.98 Å². The van der Waals surface area contributed by atoms with E-state index in [1.807, 2.05) is 27.3 Å². The summed E-state index contributed by atoms with van der Waals surface area (Å²) in [5, 5.41) is 18.5. The van der Waals surface area contributed by atoms with Crippen LogP contribution in [0, 0.1) is 11.3 Å². The Kier molecular flexibility index (Phi) is 3.02. The first-order chi connectivity index (χ1) is 7.69. The average molecular weight is 345 g/mol. The van der Waals surface area contributed by atoms with Gasteiger partial charge in [0, 0.05) is 41.9 Å². The van der Waals surface area contributed by atoms with Crippen molar-refractivity contribution in [1.82, 2.24) is 8.96 Å². The number of hydrogen-bond acceptors (Lipinski definition) is 4. The molecule has 0 aliphatic heterocycles. The van der Waals surface area contributed by atoms with Gasteiger partial charge in [-0.15, -0.1) is 0 Å². The van der Waals surface area contributed by atoms with Crippen LogP contribution in [0.3, 0.4) is 0 Å². The highest BCUT2D eigenvalue weighted by atomic mass is 127. The Bertz CT molecular complexity index is 617. The molecule has 0 saturated carbocycles. The van der Waals surface area contributed by atoms with Crippen molar-refractivity contribution in [2.75, 3.05) is 0 Å². The maximum absolute atomic E-state index is 11.0. The van der Waals surface area contributed by atoms with Crippen LogP contribution in [0.25, 0.3) is 10.9 Å². The van der Waals surface area contributed by atoms with Crippen molar-refractivity contribution in [3.05, 3.63) is 29.7 Å². The van der Waals surface area contributed by atoms with Gasteiger partial charge in [-0.2, -0.15) is 5.26 Å². The average Bonchev–Trinajstić information content (AvgIpc) is 2.67. The summed E-state index contributed by atoms with van der Waals surface area (Å²) in [7, 11) is 1.24. The van der Waals surface area contributed by atoms with Crippen LogP contribution in [0.2, 0.25) is 0 Å². The molecule has 1 N–H and O–H groups in total. The standard InChI is InChI=1S/C9H4IN3O2S/c10-16-13-7(9(14)15)1-6-5(2-11)3-12-4-8(6)13/h1,3-4H,(H,14,15). The molecule has 2 heterocycles. The van der Waals surface area contributed by atoms with E-state index in [9.17, 15) is 4.79 Å². The summed E-state index contributed by atoms with van der Waals surface area (Å²) < 4.78 is 1.53. The third kappa shape index (κ3) is 1.64. The van der Waals surface area contributed by atoms with Gasteiger partial charge in [-0.25, -0.2) is 4.79 Å². The van der Waals surface area contributed by atoms with Crippen LogP contribution in [0.4, 0.5) is 0 Å². The summed E-state index contributed by atoms with van der Waals surface area (Å²) in [6, 6.07) is 3.48. The lowest BCUT2D eigenvalue weighted by atomic mass is 10.2. The maximum atomic E-state index is 11.0. The van der Waals surface area contributed by atoms with Crippen LogP contribution in [0.15, 0.2) is 18.5 Å². The number of rotatable bonds is 2. The normalized spacial score (nSPS) is 10.2. The molecule has 0 fully saturated rings. The van der Waals surface area contributed by atoms with Crippen molar-refractivity contribution in [3.63, 3.8) is 0 Å². The Hall–Kier alpha value is -1.27. The molecule has 0 aliphatic carbocycles. The highest BCUT2D eigenvalue weighted by molar-refractivity contribution is 14.2. The lowest BCUT2D eigenvalue weighted by Crippen LogP contribution is -2.01. The topological polar surface area (TPSA) is 78.9 Å². The highest BCUT2D eigenvalue weighted by Crippen LogP contribution is 2.29. The number of halogens is 1. The highest BCUT2D eigenvalue weighted by Gasteiger charge is 2.16. The lowest BCUT2D eigenvalue weighted by Gasteiger charge is -2.00. The summed E-state index contributed by atoms with van der Waals surface area (Å²) in [5.41, 5.74) is 1.15. The molecule has 80 valence electrons. The minimum Gasteiger partial charge on any atom is -0.477 e. The molecular formula is C9H4IN3O2S. The van der Waals surface area contributed by atoms with E-state index >= 15 is 0 Å². The van der Waals surface area contributed by atoms with Gasteiger partial charge < -0.3 is 5.11 Å². The van der Waals surface area contributed by atoms with E-state index in [-0.39, 0.29) is 5.69 Å². The Labute approximate surface area is 107 Å². The van der Waals surface area contributed by atoms with E-state index in [1.54, 1.807) is 6.20 Å². The number of pyridine rings is 1. The molecule has 0 unspecified atom stereocenters. The predicted molar refractivity (Wildman–Crippen MR) is 68.4 cm³/mol. The Morgan fingerprint density at radius 1 is 1.62 bits per heavy atom. The monoisotopic (exact) mass is 345 g/mol. The number of hydrogen-bond donors (Lipinski definition) is 1. The van der Waals surface area contributed by atoms with Crippen molar-refractivity contribution >= 4 is 47.2 Å². The first-order valence-electron chi connectivity index (χ1n) is 4.11.